The van der Waals surface area contributed by atoms with E-state index < -0.39 is 0 Å². The highest BCUT2D eigenvalue weighted by molar-refractivity contribution is 7.11. The minimum absolute atomic E-state index is 0.179. The van der Waals surface area contributed by atoms with Gasteiger partial charge in [-0.3, -0.25) is 0 Å². The smallest absolute Gasteiger partial charge is 0.0300 e. The summed E-state index contributed by atoms with van der Waals surface area (Å²) in [6.45, 7) is 10.5. The summed E-state index contributed by atoms with van der Waals surface area (Å²) in [7, 11) is 0. The Kier molecular flexibility index (Phi) is 4.32. The first-order valence-electron chi connectivity index (χ1n) is 5.41. The monoisotopic (exact) mass is 226 g/mol. The molecule has 1 heterocycles. The summed E-state index contributed by atoms with van der Waals surface area (Å²) >= 11 is 1.84. The van der Waals surface area contributed by atoms with Crippen LogP contribution >= 0.6 is 11.3 Å². The molecule has 0 aliphatic rings. The number of aryl methyl sites for hydroxylation is 1. The quantitative estimate of drug-likeness (QED) is 0.828. The van der Waals surface area contributed by atoms with Gasteiger partial charge >= 0.3 is 0 Å². The van der Waals surface area contributed by atoms with Crippen LogP contribution in [0.25, 0.3) is 0 Å². The van der Waals surface area contributed by atoms with Gasteiger partial charge < -0.3 is 11.1 Å². The molecular weight excluding hydrogens is 204 g/mol. The van der Waals surface area contributed by atoms with E-state index in [1.807, 2.05) is 11.3 Å². The molecule has 0 radical (unpaired) electrons. The number of rotatable bonds is 4. The van der Waals surface area contributed by atoms with Crippen LogP contribution in [0, 0.1) is 12.3 Å². The lowest BCUT2D eigenvalue weighted by atomic mass is 9.87. The number of hydrogen-bond donors (Lipinski definition) is 2. The van der Waals surface area contributed by atoms with Crippen molar-refractivity contribution < 1.29 is 0 Å². The Balaban J connectivity index is 2.28. The Morgan fingerprint density at radius 1 is 1.40 bits per heavy atom. The largest absolute Gasteiger partial charge is 0.326 e. The molecule has 1 aromatic rings. The standard InChI is InChI=1S/C12H22N2S/c1-9-5-6-10(15-9)7-14-8-11(13)12(2,3)4/h5-6,11,14H,7-8,13H2,1-4H3. The van der Waals surface area contributed by atoms with Crippen LogP contribution in [-0.4, -0.2) is 12.6 Å². The van der Waals surface area contributed by atoms with Crippen molar-refractivity contribution in [3.8, 4) is 0 Å². The molecule has 2 nitrogen and oxygen atoms in total. The zero-order valence-electron chi connectivity index (χ0n) is 10.1. The summed E-state index contributed by atoms with van der Waals surface area (Å²) in [6, 6.07) is 4.54. The van der Waals surface area contributed by atoms with Crippen LogP contribution in [-0.2, 0) is 6.54 Å². The van der Waals surface area contributed by atoms with Crippen molar-refractivity contribution in [2.75, 3.05) is 6.54 Å². The van der Waals surface area contributed by atoms with Crippen LogP contribution in [0.4, 0.5) is 0 Å². The van der Waals surface area contributed by atoms with Gasteiger partial charge in [0.05, 0.1) is 0 Å². The maximum absolute atomic E-state index is 6.06. The summed E-state index contributed by atoms with van der Waals surface area (Å²) in [4.78, 5) is 2.75. The maximum atomic E-state index is 6.06. The minimum Gasteiger partial charge on any atom is -0.326 e. The fourth-order valence-corrected chi connectivity index (χ4v) is 2.10. The van der Waals surface area contributed by atoms with Crippen LogP contribution in [0.1, 0.15) is 30.5 Å². The van der Waals surface area contributed by atoms with Gasteiger partial charge in [0.25, 0.3) is 0 Å². The second-order valence-corrected chi connectivity index (χ2v) is 6.49. The van der Waals surface area contributed by atoms with E-state index >= 15 is 0 Å². The lowest BCUT2D eigenvalue weighted by Gasteiger charge is -2.27. The first kappa shape index (κ1) is 12.7. The molecule has 0 saturated carbocycles. The number of hydrogen-bond acceptors (Lipinski definition) is 3. The normalized spacial score (nSPS) is 14.2. The molecule has 1 unspecified atom stereocenters. The summed E-state index contributed by atoms with van der Waals surface area (Å²) in [5, 5.41) is 3.41. The van der Waals surface area contributed by atoms with Crippen molar-refractivity contribution in [2.24, 2.45) is 11.1 Å². The third-order valence-corrected chi connectivity index (χ3v) is 3.57. The predicted molar refractivity (Wildman–Crippen MR) is 68.2 cm³/mol. The van der Waals surface area contributed by atoms with E-state index in [1.165, 1.54) is 9.75 Å². The zero-order chi connectivity index (χ0) is 11.5. The van der Waals surface area contributed by atoms with Crippen LogP contribution in [0.2, 0.25) is 0 Å². The summed E-state index contributed by atoms with van der Waals surface area (Å²) in [5.41, 5.74) is 6.24. The Hall–Kier alpha value is -0.380. The SMILES string of the molecule is Cc1ccc(CNCC(N)C(C)(C)C)s1. The second-order valence-electron chi connectivity index (χ2n) is 5.12. The topological polar surface area (TPSA) is 38.0 Å². The summed E-state index contributed by atoms with van der Waals surface area (Å²) in [6.07, 6.45) is 0. The lowest BCUT2D eigenvalue weighted by molar-refractivity contribution is 0.309. The van der Waals surface area contributed by atoms with Gasteiger partial charge in [-0.15, -0.1) is 11.3 Å². The molecule has 0 aliphatic heterocycles. The van der Waals surface area contributed by atoms with E-state index in [-0.39, 0.29) is 11.5 Å². The molecule has 3 N–H and O–H groups in total. The summed E-state index contributed by atoms with van der Waals surface area (Å²) < 4.78 is 0. The highest BCUT2D eigenvalue weighted by atomic mass is 32.1. The first-order chi connectivity index (χ1) is 6.89. The van der Waals surface area contributed by atoms with E-state index in [2.05, 4.69) is 45.1 Å². The Bertz CT molecular complexity index is 299. The van der Waals surface area contributed by atoms with Gasteiger partial charge in [0.2, 0.25) is 0 Å². The second kappa shape index (κ2) is 5.10. The average Bonchev–Trinajstić information content (AvgIpc) is 2.49. The molecule has 0 fully saturated rings. The third-order valence-electron chi connectivity index (χ3n) is 2.57. The van der Waals surface area contributed by atoms with E-state index in [0.717, 1.165) is 13.1 Å². The fourth-order valence-electron chi connectivity index (χ4n) is 1.24. The first-order valence-corrected chi connectivity index (χ1v) is 6.23. The third kappa shape index (κ3) is 4.33. The van der Waals surface area contributed by atoms with Gasteiger partial charge in [0, 0.05) is 28.9 Å². The van der Waals surface area contributed by atoms with Crippen LogP contribution in [0.5, 0.6) is 0 Å². The van der Waals surface area contributed by atoms with Crippen LogP contribution in [0.15, 0.2) is 12.1 Å². The maximum Gasteiger partial charge on any atom is 0.0300 e. The number of nitrogens with one attached hydrogen (secondary N) is 1. The van der Waals surface area contributed by atoms with Crippen molar-refractivity contribution in [1.29, 1.82) is 0 Å². The predicted octanol–water partition coefficient (Wildman–Crippen LogP) is 2.52. The molecule has 0 aliphatic carbocycles. The lowest BCUT2D eigenvalue weighted by Crippen LogP contribution is -2.43. The highest BCUT2D eigenvalue weighted by Crippen LogP contribution is 2.17. The molecule has 1 atom stereocenters. The minimum atomic E-state index is 0.179. The van der Waals surface area contributed by atoms with Crippen molar-refractivity contribution in [3.63, 3.8) is 0 Å². The van der Waals surface area contributed by atoms with Crippen LogP contribution in [0.3, 0.4) is 0 Å². The molecule has 86 valence electrons. The van der Waals surface area contributed by atoms with Crippen molar-refractivity contribution in [3.05, 3.63) is 21.9 Å². The number of thiophene rings is 1. The van der Waals surface area contributed by atoms with Gasteiger partial charge in [-0.25, -0.2) is 0 Å². The van der Waals surface area contributed by atoms with E-state index in [4.69, 9.17) is 5.73 Å². The fraction of sp³-hybridized carbons (Fsp3) is 0.667. The van der Waals surface area contributed by atoms with Crippen molar-refractivity contribution in [2.45, 2.75) is 40.3 Å². The number of nitrogens with two attached hydrogens (primary N) is 1. The van der Waals surface area contributed by atoms with Crippen molar-refractivity contribution >= 4 is 11.3 Å². The van der Waals surface area contributed by atoms with Gasteiger partial charge in [-0.1, -0.05) is 20.8 Å². The van der Waals surface area contributed by atoms with Gasteiger partial charge in [-0.05, 0) is 24.5 Å². The van der Waals surface area contributed by atoms with Gasteiger partial charge in [0.1, 0.15) is 0 Å². The van der Waals surface area contributed by atoms with Gasteiger partial charge in [-0.2, -0.15) is 0 Å². The van der Waals surface area contributed by atoms with E-state index in [1.54, 1.807) is 0 Å². The Labute approximate surface area is 96.9 Å². The molecule has 1 rings (SSSR count). The molecule has 15 heavy (non-hydrogen) atoms. The molecule has 1 aromatic heterocycles. The van der Waals surface area contributed by atoms with E-state index in [0.29, 0.717) is 0 Å². The molecule has 0 saturated heterocycles. The molecule has 0 bridgehead atoms. The zero-order valence-corrected chi connectivity index (χ0v) is 10.9. The molecule has 3 heteroatoms. The Morgan fingerprint density at radius 3 is 2.53 bits per heavy atom. The summed E-state index contributed by atoms with van der Waals surface area (Å²) in [5.74, 6) is 0. The van der Waals surface area contributed by atoms with Crippen molar-refractivity contribution in [1.82, 2.24) is 5.32 Å². The molecular formula is C12H22N2S. The van der Waals surface area contributed by atoms with Crippen LogP contribution < -0.4 is 11.1 Å². The average molecular weight is 226 g/mol. The highest BCUT2D eigenvalue weighted by Gasteiger charge is 2.19. The molecule has 0 aromatic carbocycles. The molecule has 0 spiro atoms. The Morgan fingerprint density at radius 2 is 2.07 bits per heavy atom. The van der Waals surface area contributed by atoms with E-state index in [9.17, 15) is 0 Å². The van der Waals surface area contributed by atoms with Gasteiger partial charge in [0.15, 0.2) is 0 Å². The molecule has 0 amide bonds.